The predicted octanol–water partition coefficient (Wildman–Crippen LogP) is 3.64. The second kappa shape index (κ2) is 8.66. The van der Waals surface area contributed by atoms with E-state index in [1.165, 1.54) is 5.56 Å². The molecule has 0 unspecified atom stereocenters. The molecule has 6 heteroatoms. The van der Waals surface area contributed by atoms with Crippen molar-refractivity contribution in [2.45, 2.75) is 58.4 Å². The molecule has 0 atom stereocenters. The van der Waals surface area contributed by atoms with E-state index in [1.54, 1.807) is 0 Å². The molecule has 1 aromatic carbocycles. The summed E-state index contributed by atoms with van der Waals surface area (Å²) in [5, 5.41) is 8.34. The lowest BCUT2D eigenvalue weighted by atomic mass is 9.72. The molecule has 0 bridgehead atoms. The summed E-state index contributed by atoms with van der Waals surface area (Å²) in [6.45, 7) is 8.65. The number of amides is 1. The van der Waals surface area contributed by atoms with E-state index in [1.807, 2.05) is 6.07 Å². The maximum Gasteiger partial charge on any atom is 0.230 e. The molecule has 3 heterocycles. The molecule has 1 aromatic heterocycles. The Morgan fingerprint density at radius 1 is 1.10 bits per heavy atom. The fourth-order valence-electron chi connectivity index (χ4n) is 4.56. The van der Waals surface area contributed by atoms with Crippen molar-refractivity contribution in [3.05, 3.63) is 47.7 Å². The lowest BCUT2D eigenvalue weighted by molar-refractivity contribution is -0.139. The number of carbonyl (C=O) groups excluding carboxylic acids is 1. The van der Waals surface area contributed by atoms with E-state index >= 15 is 0 Å². The van der Waals surface area contributed by atoms with Gasteiger partial charge in [0.1, 0.15) is 0 Å². The molecule has 29 heavy (non-hydrogen) atoms. The van der Waals surface area contributed by atoms with Crippen molar-refractivity contribution in [3.8, 4) is 0 Å². The number of hydrogen-bond donors (Lipinski definition) is 0. The number of likely N-dealkylation sites (tertiary alicyclic amines) is 2. The van der Waals surface area contributed by atoms with Crippen LogP contribution in [0.5, 0.6) is 0 Å². The first-order valence-electron chi connectivity index (χ1n) is 10.9. The van der Waals surface area contributed by atoms with Crippen molar-refractivity contribution >= 4 is 5.91 Å². The largest absolute Gasteiger partial charge is 0.424 e. The Morgan fingerprint density at radius 2 is 1.86 bits per heavy atom. The molecule has 1 amide bonds. The fraction of sp³-hybridized carbons (Fsp3) is 0.609. The van der Waals surface area contributed by atoms with Crippen LogP contribution in [-0.4, -0.2) is 52.1 Å². The van der Waals surface area contributed by atoms with E-state index in [2.05, 4.69) is 58.1 Å². The number of carbonyl (C=O) groups is 1. The summed E-state index contributed by atoms with van der Waals surface area (Å²) in [5.74, 6) is 2.02. The van der Waals surface area contributed by atoms with E-state index < -0.39 is 0 Å². The molecule has 156 valence electrons. The summed E-state index contributed by atoms with van der Waals surface area (Å²) in [6.07, 6.45) is 4.92. The summed E-state index contributed by atoms with van der Waals surface area (Å²) in [6, 6.07) is 10.5. The fourth-order valence-corrected chi connectivity index (χ4v) is 4.56. The first kappa shape index (κ1) is 20.1. The van der Waals surface area contributed by atoms with E-state index in [9.17, 15) is 4.79 Å². The van der Waals surface area contributed by atoms with Crippen molar-refractivity contribution in [3.63, 3.8) is 0 Å². The van der Waals surface area contributed by atoms with Crippen LogP contribution in [0, 0.1) is 5.41 Å². The van der Waals surface area contributed by atoms with E-state index in [0.717, 1.165) is 58.4 Å². The van der Waals surface area contributed by atoms with Gasteiger partial charge in [-0.25, -0.2) is 0 Å². The number of piperidine rings is 2. The van der Waals surface area contributed by atoms with Crippen molar-refractivity contribution in [2.24, 2.45) is 5.41 Å². The highest BCUT2D eigenvalue weighted by molar-refractivity contribution is 5.77. The Kier molecular flexibility index (Phi) is 5.99. The second-order valence-corrected chi connectivity index (χ2v) is 9.02. The molecule has 0 aliphatic carbocycles. The lowest BCUT2D eigenvalue weighted by Gasteiger charge is -2.47. The monoisotopic (exact) mass is 396 g/mol. The van der Waals surface area contributed by atoms with Gasteiger partial charge >= 0.3 is 0 Å². The minimum Gasteiger partial charge on any atom is -0.424 e. The van der Waals surface area contributed by atoms with Crippen LogP contribution < -0.4 is 0 Å². The van der Waals surface area contributed by atoms with Gasteiger partial charge in [-0.05, 0) is 49.8 Å². The normalized spacial score (nSPS) is 20.0. The van der Waals surface area contributed by atoms with Crippen LogP contribution in [0.25, 0.3) is 0 Å². The highest BCUT2D eigenvalue weighted by Gasteiger charge is 2.40. The van der Waals surface area contributed by atoms with Gasteiger partial charge in [-0.2, -0.15) is 0 Å². The molecule has 0 N–H and O–H groups in total. The van der Waals surface area contributed by atoms with E-state index in [-0.39, 0.29) is 11.3 Å². The predicted molar refractivity (Wildman–Crippen MR) is 111 cm³/mol. The Morgan fingerprint density at radius 3 is 2.55 bits per heavy atom. The van der Waals surface area contributed by atoms with Crippen molar-refractivity contribution in [2.75, 3.05) is 26.2 Å². The molecule has 2 aliphatic rings. The smallest absolute Gasteiger partial charge is 0.230 e. The van der Waals surface area contributed by atoms with Gasteiger partial charge in [0.05, 0.1) is 6.54 Å². The van der Waals surface area contributed by atoms with Crippen LogP contribution >= 0.6 is 0 Å². The highest BCUT2D eigenvalue weighted by Crippen LogP contribution is 2.40. The molecular weight excluding hydrogens is 364 g/mol. The van der Waals surface area contributed by atoms with Gasteiger partial charge in [-0.3, -0.25) is 9.69 Å². The van der Waals surface area contributed by atoms with Gasteiger partial charge in [0.15, 0.2) is 0 Å². The maximum atomic E-state index is 12.5. The molecule has 6 nitrogen and oxygen atoms in total. The highest BCUT2D eigenvalue weighted by atomic mass is 16.4. The molecule has 2 saturated heterocycles. The van der Waals surface area contributed by atoms with Gasteiger partial charge in [0.2, 0.25) is 17.7 Å². The number of benzene rings is 1. The first-order valence-corrected chi connectivity index (χ1v) is 10.9. The molecule has 1 spiro atoms. The average Bonchev–Trinajstić information content (AvgIpc) is 3.20. The van der Waals surface area contributed by atoms with Crippen LogP contribution in [-0.2, 0) is 17.8 Å². The zero-order chi connectivity index (χ0) is 20.3. The van der Waals surface area contributed by atoms with Crippen LogP contribution in [0.15, 0.2) is 34.7 Å². The van der Waals surface area contributed by atoms with Crippen LogP contribution in [0.1, 0.15) is 62.8 Å². The molecule has 2 aromatic rings. The van der Waals surface area contributed by atoms with Crippen LogP contribution in [0.4, 0.5) is 0 Å². The summed E-state index contributed by atoms with van der Waals surface area (Å²) >= 11 is 0. The summed E-state index contributed by atoms with van der Waals surface area (Å²) in [5.41, 5.74) is 1.58. The van der Waals surface area contributed by atoms with Crippen molar-refractivity contribution in [1.82, 2.24) is 20.0 Å². The molecule has 4 rings (SSSR count). The molecule has 0 radical (unpaired) electrons. The summed E-state index contributed by atoms with van der Waals surface area (Å²) < 4.78 is 5.77. The second-order valence-electron chi connectivity index (χ2n) is 9.02. The SMILES string of the molecule is CC(C)c1nnc(CN2CCC3(CCC(=O)N(CCc4ccccc4)C3)CC2)o1. The topological polar surface area (TPSA) is 62.5 Å². The Bertz CT molecular complexity index is 809. The first-order chi connectivity index (χ1) is 14.0. The molecule has 2 fully saturated rings. The minimum atomic E-state index is 0.266. The van der Waals surface area contributed by atoms with Gasteiger partial charge in [0, 0.05) is 25.4 Å². The standard InChI is InChI=1S/C23H32N4O2/c1-18(2)22-25-24-20(29-22)16-26-14-11-23(12-15-26)10-8-21(28)27(17-23)13-9-19-6-4-3-5-7-19/h3-7,18H,8-17H2,1-2H3. The number of aromatic nitrogens is 2. The number of nitrogens with zero attached hydrogens (tertiary/aromatic N) is 4. The van der Waals surface area contributed by atoms with Crippen LogP contribution in [0.3, 0.4) is 0 Å². The third-order valence-corrected chi connectivity index (χ3v) is 6.51. The quantitative estimate of drug-likeness (QED) is 0.746. The summed E-state index contributed by atoms with van der Waals surface area (Å²) in [7, 11) is 0. The van der Waals surface area contributed by atoms with Gasteiger partial charge in [-0.15, -0.1) is 10.2 Å². The Balaban J connectivity index is 1.30. The van der Waals surface area contributed by atoms with Crippen molar-refractivity contribution in [1.29, 1.82) is 0 Å². The molecular formula is C23H32N4O2. The zero-order valence-electron chi connectivity index (χ0n) is 17.6. The number of rotatable bonds is 6. The summed E-state index contributed by atoms with van der Waals surface area (Å²) in [4.78, 5) is 17.0. The van der Waals surface area contributed by atoms with Crippen molar-refractivity contribution < 1.29 is 9.21 Å². The van der Waals surface area contributed by atoms with Gasteiger partial charge < -0.3 is 9.32 Å². The maximum absolute atomic E-state index is 12.5. The molecule has 2 aliphatic heterocycles. The van der Waals surface area contributed by atoms with E-state index in [0.29, 0.717) is 24.1 Å². The third-order valence-electron chi connectivity index (χ3n) is 6.51. The lowest BCUT2D eigenvalue weighted by Crippen LogP contribution is -2.51. The average molecular weight is 397 g/mol. The van der Waals surface area contributed by atoms with Gasteiger partial charge in [-0.1, -0.05) is 44.2 Å². The van der Waals surface area contributed by atoms with E-state index in [4.69, 9.17) is 4.42 Å². The Labute approximate surface area is 173 Å². The molecule has 0 saturated carbocycles. The van der Waals surface area contributed by atoms with Crippen LogP contribution in [0.2, 0.25) is 0 Å². The van der Waals surface area contributed by atoms with Gasteiger partial charge in [0.25, 0.3) is 0 Å². The minimum absolute atomic E-state index is 0.266. The Hall–Kier alpha value is -2.21. The number of hydrogen-bond acceptors (Lipinski definition) is 5. The third kappa shape index (κ3) is 4.86. The zero-order valence-corrected chi connectivity index (χ0v) is 17.6.